The Labute approximate surface area is 138 Å². The Bertz CT molecular complexity index is 827. The molecule has 6 nitrogen and oxygen atoms in total. The van der Waals surface area contributed by atoms with Crippen LogP contribution in [0.25, 0.3) is 5.82 Å². The van der Waals surface area contributed by atoms with Gasteiger partial charge in [0.05, 0.1) is 11.9 Å². The van der Waals surface area contributed by atoms with Crippen LogP contribution in [0.2, 0.25) is 0 Å². The molecule has 2 amide bonds. The fourth-order valence-corrected chi connectivity index (χ4v) is 2.18. The number of halogens is 1. The van der Waals surface area contributed by atoms with E-state index in [1.165, 1.54) is 12.1 Å². The van der Waals surface area contributed by atoms with Gasteiger partial charge in [0.1, 0.15) is 17.5 Å². The summed E-state index contributed by atoms with van der Waals surface area (Å²) in [7, 11) is 0. The number of aromatic nitrogens is 3. The second-order valence-corrected chi connectivity index (χ2v) is 5.18. The molecule has 24 heavy (non-hydrogen) atoms. The molecule has 0 saturated carbocycles. The average Bonchev–Trinajstić information content (AvgIpc) is 3.01. The molecule has 0 spiro atoms. The van der Waals surface area contributed by atoms with Crippen molar-refractivity contribution in [1.29, 1.82) is 0 Å². The lowest BCUT2D eigenvalue weighted by Crippen LogP contribution is -2.28. The molecule has 0 aliphatic heterocycles. The summed E-state index contributed by atoms with van der Waals surface area (Å²) in [5, 5.41) is 5.40. The molecule has 122 valence electrons. The molecule has 0 aliphatic carbocycles. The fourth-order valence-electron chi connectivity index (χ4n) is 2.18. The molecular formula is C17H16FN5O. The smallest absolute Gasteiger partial charge is 0.319 e. The average molecular weight is 325 g/mol. The van der Waals surface area contributed by atoms with E-state index in [2.05, 4.69) is 20.6 Å². The largest absolute Gasteiger partial charge is 0.334 e. The number of nitrogens with zero attached hydrogens (tertiary/aromatic N) is 3. The zero-order valence-electron chi connectivity index (χ0n) is 13.0. The van der Waals surface area contributed by atoms with E-state index in [-0.39, 0.29) is 11.8 Å². The first-order chi connectivity index (χ1) is 11.6. The minimum absolute atomic E-state index is 0.303. The molecule has 7 heteroatoms. The number of amides is 2. The van der Waals surface area contributed by atoms with E-state index in [9.17, 15) is 9.18 Å². The van der Waals surface area contributed by atoms with Gasteiger partial charge in [-0.25, -0.2) is 19.2 Å². The summed E-state index contributed by atoms with van der Waals surface area (Å²) >= 11 is 0. The Balaban J connectivity index is 1.56. The molecule has 2 heterocycles. The van der Waals surface area contributed by atoms with Crippen LogP contribution in [-0.2, 0) is 6.54 Å². The summed E-state index contributed by atoms with van der Waals surface area (Å²) in [5.41, 5.74) is 1.39. The van der Waals surface area contributed by atoms with E-state index in [0.717, 1.165) is 17.2 Å². The molecule has 0 unspecified atom stereocenters. The van der Waals surface area contributed by atoms with Crippen molar-refractivity contribution in [3.8, 4) is 5.82 Å². The third-order valence-corrected chi connectivity index (χ3v) is 3.44. The Morgan fingerprint density at radius 2 is 1.96 bits per heavy atom. The number of carbonyl (C=O) groups excluding carboxylic acids is 1. The van der Waals surface area contributed by atoms with Crippen molar-refractivity contribution in [3.63, 3.8) is 0 Å². The summed E-state index contributed by atoms with van der Waals surface area (Å²) in [4.78, 5) is 20.3. The topological polar surface area (TPSA) is 71.8 Å². The number of rotatable bonds is 4. The van der Waals surface area contributed by atoms with Gasteiger partial charge >= 0.3 is 6.03 Å². The molecule has 0 aliphatic rings. The van der Waals surface area contributed by atoms with Crippen LogP contribution >= 0.6 is 0 Å². The quantitative estimate of drug-likeness (QED) is 0.774. The number of anilines is 1. The van der Waals surface area contributed by atoms with Gasteiger partial charge in [-0.05, 0) is 36.8 Å². The molecule has 0 saturated heterocycles. The normalized spacial score (nSPS) is 10.4. The highest BCUT2D eigenvalue weighted by Gasteiger charge is 2.05. The van der Waals surface area contributed by atoms with Crippen LogP contribution in [0.1, 0.15) is 11.4 Å². The van der Waals surface area contributed by atoms with Gasteiger partial charge in [0.15, 0.2) is 0 Å². The van der Waals surface area contributed by atoms with Gasteiger partial charge < -0.3 is 10.6 Å². The van der Waals surface area contributed by atoms with Gasteiger partial charge in [-0.1, -0.05) is 12.1 Å². The van der Waals surface area contributed by atoms with Gasteiger partial charge in [-0.2, -0.15) is 0 Å². The van der Waals surface area contributed by atoms with E-state index >= 15 is 0 Å². The number of imidazole rings is 1. The lowest BCUT2D eigenvalue weighted by Gasteiger charge is -2.09. The van der Waals surface area contributed by atoms with E-state index in [1.807, 2.05) is 17.7 Å². The summed E-state index contributed by atoms with van der Waals surface area (Å²) in [5.74, 6) is 1.25. The standard InChI is InChI=1S/C17H16FN5O/c1-12-19-8-9-23(12)16-7-6-15(11-20-16)22-17(24)21-10-13-2-4-14(18)5-3-13/h2-9,11H,10H2,1H3,(H2,21,22,24). The van der Waals surface area contributed by atoms with Crippen LogP contribution in [-0.4, -0.2) is 20.6 Å². The van der Waals surface area contributed by atoms with Gasteiger partial charge in [0, 0.05) is 18.9 Å². The molecule has 3 aromatic rings. The Morgan fingerprint density at radius 1 is 1.17 bits per heavy atom. The summed E-state index contributed by atoms with van der Waals surface area (Å²) in [6.07, 6.45) is 5.10. The Morgan fingerprint density at radius 3 is 2.58 bits per heavy atom. The SMILES string of the molecule is Cc1nccn1-c1ccc(NC(=O)NCc2ccc(F)cc2)cn1. The van der Waals surface area contributed by atoms with Crippen LogP contribution < -0.4 is 10.6 Å². The number of hydrogen-bond acceptors (Lipinski definition) is 3. The minimum atomic E-state index is -0.354. The third-order valence-electron chi connectivity index (χ3n) is 3.44. The number of benzene rings is 1. The van der Waals surface area contributed by atoms with Crippen molar-refractivity contribution in [3.05, 3.63) is 72.2 Å². The second kappa shape index (κ2) is 6.91. The van der Waals surface area contributed by atoms with Crippen LogP contribution in [0.5, 0.6) is 0 Å². The first kappa shape index (κ1) is 15.7. The number of hydrogen-bond donors (Lipinski definition) is 2. The Kier molecular flexibility index (Phi) is 4.51. The predicted octanol–water partition coefficient (Wildman–Crippen LogP) is 3.04. The third kappa shape index (κ3) is 3.75. The summed E-state index contributed by atoms with van der Waals surface area (Å²) in [6, 6.07) is 9.17. The fraction of sp³-hybridized carbons (Fsp3) is 0.118. The molecule has 1 aromatic carbocycles. The molecule has 0 atom stereocenters. The maximum absolute atomic E-state index is 12.8. The van der Waals surface area contributed by atoms with E-state index in [1.54, 1.807) is 36.7 Å². The monoisotopic (exact) mass is 325 g/mol. The summed E-state index contributed by atoms with van der Waals surface area (Å²) < 4.78 is 14.7. The zero-order chi connectivity index (χ0) is 16.9. The Hall–Kier alpha value is -3.22. The van der Waals surface area contributed by atoms with Crippen molar-refractivity contribution in [2.75, 3.05) is 5.32 Å². The number of aryl methyl sites for hydroxylation is 1. The molecule has 0 fully saturated rings. The first-order valence-corrected chi connectivity index (χ1v) is 7.37. The number of urea groups is 1. The molecule has 2 N–H and O–H groups in total. The van der Waals surface area contributed by atoms with Crippen molar-refractivity contribution in [1.82, 2.24) is 19.9 Å². The lowest BCUT2D eigenvalue weighted by atomic mass is 10.2. The highest BCUT2D eigenvalue weighted by molar-refractivity contribution is 5.89. The van der Waals surface area contributed by atoms with Crippen molar-refractivity contribution in [2.24, 2.45) is 0 Å². The zero-order valence-corrected chi connectivity index (χ0v) is 13.0. The highest BCUT2D eigenvalue weighted by Crippen LogP contribution is 2.11. The van der Waals surface area contributed by atoms with Crippen molar-refractivity contribution >= 4 is 11.7 Å². The maximum Gasteiger partial charge on any atom is 0.319 e. The van der Waals surface area contributed by atoms with E-state index in [4.69, 9.17) is 0 Å². The number of pyridine rings is 1. The van der Waals surface area contributed by atoms with Gasteiger partial charge in [0.25, 0.3) is 0 Å². The number of carbonyl (C=O) groups is 1. The van der Waals surface area contributed by atoms with Crippen molar-refractivity contribution in [2.45, 2.75) is 13.5 Å². The van der Waals surface area contributed by atoms with Gasteiger partial charge in [0.2, 0.25) is 0 Å². The molecular weight excluding hydrogens is 309 g/mol. The molecule has 0 radical (unpaired) electrons. The van der Waals surface area contributed by atoms with Gasteiger partial charge in [-0.3, -0.25) is 4.57 Å². The van der Waals surface area contributed by atoms with Crippen LogP contribution in [0.4, 0.5) is 14.9 Å². The molecule has 2 aromatic heterocycles. The number of nitrogens with one attached hydrogen (secondary N) is 2. The summed E-state index contributed by atoms with van der Waals surface area (Å²) in [6.45, 7) is 2.20. The van der Waals surface area contributed by atoms with Crippen LogP contribution in [0, 0.1) is 12.7 Å². The van der Waals surface area contributed by atoms with E-state index < -0.39 is 0 Å². The first-order valence-electron chi connectivity index (χ1n) is 7.37. The van der Waals surface area contributed by atoms with Crippen LogP contribution in [0.15, 0.2) is 55.0 Å². The van der Waals surface area contributed by atoms with Crippen molar-refractivity contribution < 1.29 is 9.18 Å². The highest BCUT2D eigenvalue weighted by atomic mass is 19.1. The molecule has 3 rings (SSSR count). The second-order valence-electron chi connectivity index (χ2n) is 5.18. The minimum Gasteiger partial charge on any atom is -0.334 e. The maximum atomic E-state index is 12.8. The predicted molar refractivity (Wildman–Crippen MR) is 88.4 cm³/mol. The molecule has 0 bridgehead atoms. The van der Waals surface area contributed by atoms with Crippen LogP contribution in [0.3, 0.4) is 0 Å². The van der Waals surface area contributed by atoms with Gasteiger partial charge in [-0.15, -0.1) is 0 Å². The van der Waals surface area contributed by atoms with E-state index in [0.29, 0.717) is 12.2 Å². The lowest BCUT2D eigenvalue weighted by molar-refractivity contribution is 0.251.